The van der Waals surface area contributed by atoms with Gasteiger partial charge in [-0.2, -0.15) is 4.98 Å². The molecule has 112 valence electrons. The van der Waals surface area contributed by atoms with Gasteiger partial charge in [0.25, 0.3) is 0 Å². The highest BCUT2D eigenvalue weighted by atomic mass is 35.5. The van der Waals surface area contributed by atoms with Crippen molar-refractivity contribution >= 4 is 23.4 Å². The molecule has 2 aromatic rings. The van der Waals surface area contributed by atoms with Crippen LogP contribution in [-0.2, 0) is 10.5 Å². The van der Waals surface area contributed by atoms with E-state index >= 15 is 0 Å². The van der Waals surface area contributed by atoms with Gasteiger partial charge in [-0.3, -0.25) is 0 Å². The van der Waals surface area contributed by atoms with E-state index in [1.165, 1.54) is 0 Å². The van der Waals surface area contributed by atoms with Crippen LogP contribution >= 0.6 is 23.4 Å². The van der Waals surface area contributed by atoms with Crippen LogP contribution in [0.4, 0.5) is 0 Å². The maximum Gasteiger partial charge on any atom is 0.234 e. The topological polar surface area (TPSA) is 68.4 Å². The lowest BCUT2D eigenvalue weighted by atomic mass is 9.99. The van der Waals surface area contributed by atoms with Crippen molar-refractivity contribution in [2.45, 2.75) is 29.1 Å². The zero-order valence-electron chi connectivity index (χ0n) is 11.2. The molecule has 1 aliphatic heterocycles. The number of hydrogen-bond donors (Lipinski definition) is 1. The van der Waals surface area contributed by atoms with Gasteiger partial charge < -0.3 is 14.4 Å². The first-order valence-electron chi connectivity index (χ1n) is 6.69. The number of rotatable bonds is 4. The minimum absolute atomic E-state index is 0.226. The summed E-state index contributed by atoms with van der Waals surface area (Å²) in [5.74, 6) is 1.42. The van der Waals surface area contributed by atoms with Crippen molar-refractivity contribution in [1.29, 1.82) is 0 Å². The van der Waals surface area contributed by atoms with Gasteiger partial charge in [0.1, 0.15) is 0 Å². The van der Waals surface area contributed by atoms with Crippen molar-refractivity contribution in [3.63, 3.8) is 0 Å². The Morgan fingerprint density at radius 2 is 2.33 bits per heavy atom. The number of aromatic nitrogens is 2. The van der Waals surface area contributed by atoms with Crippen LogP contribution in [0.5, 0.6) is 0 Å². The molecule has 5 nitrogen and oxygen atoms in total. The maximum absolute atomic E-state index is 9.94. The fourth-order valence-corrected chi connectivity index (χ4v) is 3.20. The molecule has 0 radical (unpaired) electrons. The van der Waals surface area contributed by atoms with Gasteiger partial charge in [-0.05, 0) is 24.6 Å². The van der Waals surface area contributed by atoms with E-state index in [9.17, 15) is 5.11 Å². The molecule has 1 N–H and O–H groups in total. The summed E-state index contributed by atoms with van der Waals surface area (Å²) >= 11 is 7.53. The highest BCUT2D eigenvalue weighted by Gasteiger charge is 2.30. The molecule has 2 heterocycles. The minimum atomic E-state index is -0.479. The summed E-state index contributed by atoms with van der Waals surface area (Å²) in [5.41, 5.74) is 0. The Labute approximate surface area is 131 Å². The predicted molar refractivity (Wildman–Crippen MR) is 79.5 cm³/mol. The van der Waals surface area contributed by atoms with Gasteiger partial charge in [0.05, 0.1) is 24.4 Å². The molecule has 1 saturated heterocycles. The normalized spacial score (nSPS) is 22.4. The van der Waals surface area contributed by atoms with E-state index < -0.39 is 6.10 Å². The smallest absolute Gasteiger partial charge is 0.234 e. The number of benzene rings is 1. The molecule has 0 saturated carbocycles. The lowest BCUT2D eigenvalue weighted by Crippen LogP contribution is -2.30. The van der Waals surface area contributed by atoms with Gasteiger partial charge >= 0.3 is 0 Å². The van der Waals surface area contributed by atoms with Gasteiger partial charge in [-0.1, -0.05) is 22.8 Å². The van der Waals surface area contributed by atoms with Crippen LogP contribution in [-0.4, -0.2) is 34.6 Å². The summed E-state index contributed by atoms with van der Waals surface area (Å²) in [5, 5.41) is 14.6. The van der Waals surface area contributed by atoms with Crippen molar-refractivity contribution < 1.29 is 14.4 Å². The molecule has 1 aliphatic rings. The van der Waals surface area contributed by atoms with Crippen molar-refractivity contribution in [2.75, 3.05) is 13.2 Å². The minimum Gasteiger partial charge on any atom is -0.392 e. The molecule has 0 aliphatic carbocycles. The average molecular weight is 327 g/mol. The third kappa shape index (κ3) is 3.77. The molecule has 0 amide bonds. The first kappa shape index (κ1) is 14.8. The maximum atomic E-state index is 9.94. The number of aliphatic hydroxyl groups is 1. The molecule has 1 aromatic heterocycles. The SMILES string of the molecule is OC1CCOCC1c1nc(CSc2cccc(Cl)c2)no1. The summed E-state index contributed by atoms with van der Waals surface area (Å²) in [6, 6.07) is 7.62. The van der Waals surface area contributed by atoms with Crippen LogP contribution in [0.25, 0.3) is 0 Å². The Morgan fingerprint density at radius 1 is 1.43 bits per heavy atom. The lowest BCUT2D eigenvalue weighted by molar-refractivity contribution is -0.0149. The Bertz CT molecular complexity index is 607. The molecule has 2 unspecified atom stereocenters. The van der Waals surface area contributed by atoms with Gasteiger partial charge in [0.2, 0.25) is 5.89 Å². The third-order valence-corrected chi connectivity index (χ3v) is 4.51. The summed E-state index contributed by atoms with van der Waals surface area (Å²) in [6.45, 7) is 0.994. The molecular formula is C14H15ClN2O3S. The molecule has 1 aromatic carbocycles. The quantitative estimate of drug-likeness (QED) is 0.871. The Kier molecular flexibility index (Phi) is 4.80. The first-order chi connectivity index (χ1) is 10.2. The fourth-order valence-electron chi connectivity index (χ4n) is 2.14. The van der Waals surface area contributed by atoms with Crippen LogP contribution in [0.15, 0.2) is 33.7 Å². The van der Waals surface area contributed by atoms with E-state index in [1.54, 1.807) is 11.8 Å². The van der Waals surface area contributed by atoms with Gasteiger partial charge in [-0.25, -0.2) is 0 Å². The summed E-state index contributed by atoms with van der Waals surface area (Å²) < 4.78 is 10.6. The average Bonchev–Trinajstić information content (AvgIpc) is 2.94. The Hall–Kier alpha value is -1.08. The number of thioether (sulfide) groups is 1. The van der Waals surface area contributed by atoms with Crippen molar-refractivity contribution in [1.82, 2.24) is 10.1 Å². The van der Waals surface area contributed by atoms with Crippen LogP contribution in [0.1, 0.15) is 24.1 Å². The van der Waals surface area contributed by atoms with Gasteiger partial charge in [0.15, 0.2) is 5.82 Å². The molecule has 2 atom stereocenters. The number of halogens is 1. The number of hydrogen-bond acceptors (Lipinski definition) is 6. The molecule has 21 heavy (non-hydrogen) atoms. The number of aliphatic hydroxyl groups excluding tert-OH is 1. The lowest BCUT2D eigenvalue weighted by Gasteiger charge is -2.24. The van der Waals surface area contributed by atoms with E-state index in [0.29, 0.717) is 42.1 Å². The Morgan fingerprint density at radius 3 is 3.14 bits per heavy atom. The van der Waals surface area contributed by atoms with E-state index in [2.05, 4.69) is 10.1 Å². The van der Waals surface area contributed by atoms with E-state index in [4.69, 9.17) is 20.9 Å². The van der Waals surface area contributed by atoms with Crippen LogP contribution < -0.4 is 0 Å². The van der Waals surface area contributed by atoms with Crippen LogP contribution in [0.3, 0.4) is 0 Å². The summed E-state index contributed by atoms with van der Waals surface area (Å²) in [4.78, 5) is 5.40. The standard InChI is InChI=1S/C14H15ClN2O3S/c15-9-2-1-3-10(6-9)21-8-13-16-14(20-17-13)11-7-19-5-4-12(11)18/h1-3,6,11-12,18H,4-5,7-8H2. The zero-order chi connectivity index (χ0) is 14.7. The van der Waals surface area contributed by atoms with E-state index in [-0.39, 0.29) is 5.92 Å². The number of nitrogens with zero attached hydrogens (tertiary/aromatic N) is 2. The molecule has 1 fully saturated rings. The fraction of sp³-hybridized carbons (Fsp3) is 0.429. The molecule has 0 spiro atoms. The monoisotopic (exact) mass is 326 g/mol. The summed E-state index contributed by atoms with van der Waals surface area (Å²) in [7, 11) is 0. The Balaban J connectivity index is 1.62. The molecule has 0 bridgehead atoms. The zero-order valence-corrected chi connectivity index (χ0v) is 12.8. The molecular weight excluding hydrogens is 312 g/mol. The van der Waals surface area contributed by atoms with Crippen LogP contribution in [0, 0.1) is 0 Å². The largest absolute Gasteiger partial charge is 0.392 e. The van der Waals surface area contributed by atoms with E-state index in [0.717, 1.165) is 4.90 Å². The number of ether oxygens (including phenoxy) is 1. The highest BCUT2D eigenvalue weighted by molar-refractivity contribution is 7.98. The van der Waals surface area contributed by atoms with Gasteiger partial charge in [-0.15, -0.1) is 11.8 Å². The summed E-state index contributed by atoms with van der Waals surface area (Å²) in [6.07, 6.45) is 0.118. The molecule has 7 heteroatoms. The van der Waals surface area contributed by atoms with Crippen molar-refractivity contribution in [3.05, 3.63) is 41.0 Å². The second-order valence-electron chi connectivity index (χ2n) is 4.83. The predicted octanol–water partition coefficient (Wildman–Crippen LogP) is 2.88. The van der Waals surface area contributed by atoms with Crippen molar-refractivity contribution in [3.8, 4) is 0 Å². The van der Waals surface area contributed by atoms with Crippen LogP contribution in [0.2, 0.25) is 5.02 Å². The second-order valence-corrected chi connectivity index (χ2v) is 6.32. The first-order valence-corrected chi connectivity index (χ1v) is 8.05. The molecule has 3 rings (SSSR count). The second kappa shape index (κ2) is 6.79. The van der Waals surface area contributed by atoms with E-state index in [1.807, 2.05) is 24.3 Å². The van der Waals surface area contributed by atoms with Gasteiger partial charge in [0, 0.05) is 16.5 Å². The third-order valence-electron chi connectivity index (χ3n) is 3.28. The highest BCUT2D eigenvalue weighted by Crippen LogP contribution is 2.27. The van der Waals surface area contributed by atoms with Crippen molar-refractivity contribution in [2.24, 2.45) is 0 Å².